The average molecular weight is 385 g/mol. The van der Waals surface area contributed by atoms with Crippen LogP contribution in [0.5, 0.6) is 0 Å². The Kier molecular flexibility index (Phi) is 5.19. The first kappa shape index (κ1) is 18.7. The van der Waals surface area contributed by atoms with Gasteiger partial charge in [-0.2, -0.15) is 5.10 Å². The molecule has 28 heavy (non-hydrogen) atoms. The van der Waals surface area contributed by atoms with Gasteiger partial charge in [-0.3, -0.25) is 14.3 Å². The lowest BCUT2D eigenvalue weighted by molar-refractivity contribution is -0.132. The highest BCUT2D eigenvalue weighted by atomic mass is 16.3. The number of carbonyl (C=O) groups excluding carboxylic acids is 2. The van der Waals surface area contributed by atoms with Crippen molar-refractivity contribution >= 4 is 11.8 Å². The van der Waals surface area contributed by atoms with Crippen LogP contribution < -0.4 is 0 Å². The second-order valence-electron chi connectivity index (χ2n) is 7.67. The first-order valence-corrected chi connectivity index (χ1v) is 10.1. The van der Waals surface area contributed by atoms with Gasteiger partial charge >= 0.3 is 0 Å². The van der Waals surface area contributed by atoms with Gasteiger partial charge in [-0.25, -0.2) is 4.98 Å². The van der Waals surface area contributed by atoms with Crippen molar-refractivity contribution in [1.82, 2.24) is 24.6 Å². The largest absolute Gasteiger partial charge is 0.448 e. The van der Waals surface area contributed by atoms with Crippen LogP contribution in [0.15, 0.2) is 10.7 Å². The Morgan fingerprint density at radius 3 is 2.64 bits per heavy atom. The summed E-state index contributed by atoms with van der Waals surface area (Å²) in [5, 5.41) is 4.65. The molecule has 0 atom stereocenters. The Labute approximate surface area is 164 Å². The molecule has 150 valence electrons. The van der Waals surface area contributed by atoms with Crippen molar-refractivity contribution in [3.63, 3.8) is 0 Å². The minimum atomic E-state index is -0.123. The van der Waals surface area contributed by atoms with Crippen molar-refractivity contribution in [3.05, 3.63) is 34.8 Å². The molecule has 2 amide bonds. The van der Waals surface area contributed by atoms with Crippen molar-refractivity contribution in [1.29, 1.82) is 0 Å². The average Bonchev–Trinajstić information content (AvgIpc) is 3.29. The number of hydrogen-bond acceptors (Lipinski definition) is 5. The molecular weight excluding hydrogens is 358 g/mol. The molecule has 1 fully saturated rings. The van der Waals surface area contributed by atoms with Gasteiger partial charge in [0, 0.05) is 70.7 Å². The number of rotatable bonds is 4. The number of fused-ring (bicyclic) bond motifs is 1. The summed E-state index contributed by atoms with van der Waals surface area (Å²) in [5.74, 6) is 0.571. The Balaban J connectivity index is 1.45. The standard InChI is InChI=1S/C20H27N5O3/c1-14-21-17(13-28-14)20(27)25-11-8-18-15(12-25)16(22-23(18)2)6-7-19(26)24-9-4-3-5-10-24/h13H,3-12H2,1-2H3. The second-order valence-corrected chi connectivity index (χ2v) is 7.67. The third-order valence-electron chi connectivity index (χ3n) is 5.74. The Bertz CT molecular complexity index is 879. The zero-order chi connectivity index (χ0) is 19.7. The van der Waals surface area contributed by atoms with E-state index < -0.39 is 0 Å². The third kappa shape index (κ3) is 3.68. The zero-order valence-electron chi connectivity index (χ0n) is 16.6. The molecule has 1 saturated heterocycles. The Hall–Kier alpha value is -2.64. The van der Waals surface area contributed by atoms with Crippen molar-refractivity contribution in [2.24, 2.45) is 7.05 Å². The number of oxazole rings is 1. The molecule has 0 radical (unpaired) electrons. The number of hydrogen-bond donors (Lipinski definition) is 0. The molecule has 2 aliphatic heterocycles. The van der Waals surface area contributed by atoms with Gasteiger partial charge in [0.15, 0.2) is 11.6 Å². The summed E-state index contributed by atoms with van der Waals surface area (Å²) < 4.78 is 7.08. The number of aromatic nitrogens is 3. The molecule has 0 aromatic carbocycles. The summed E-state index contributed by atoms with van der Waals surface area (Å²) in [6.07, 6.45) is 6.67. The molecule has 0 aliphatic carbocycles. The number of amides is 2. The van der Waals surface area contributed by atoms with E-state index in [0.717, 1.165) is 49.3 Å². The molecule has 8 heteroatoms. The van der Waals surface area contributed by atoms with Gasteiger partial charge in [-0.15, -0.1) is 0 Å². The molecular formula is C20H27N5O3. The fourth-order valence-corrected chi connectivity index (χ4v) is 4.19. The van der Waals surface area contributed by atoms with Crippen molar-refractivity contribution in [2.75, 3.05) is 19.6 Å². The van der Waals surface area contributed by atoms with E-state index in [1.165, 1.54) is 12.7 Å². The van der Waals surface area contributed by atoms with E-state index in [0.29, 0.717) is 37.5 Å². The topological polar surface area (TPSA) is 84.5 Å². The number of likely N-dealkylation sites (tertiary alicyclic amines) is 1. The van der Waals surface area contributed by atoms with E-state index in [1.807, 2.05) is 16.6 Å². The SMILES string of the molecule is Cc1nc(C(=O)N2CCc3c(c(CCC(=O)N4CCCCC4)nn3C)C2)co1. The summed E-state index contributed by atoms with van der Waals surface area (Å²) in [4.78, 5) is 33.2. The first-order valence-electron chi connectivity index (χ1n) is 10.1. The molecule has 0 saturated carbocycles. The molecule has 8 nitrogen and oxygen atoms in total. The van der Waals surface area contributed by atoms with Gasteiger partial charge < -0.3 is 14.2 Å². The van der Waals surface area contributed by atoms with Gasteiger partial charge in [0.05, 0.1) is 5.69 Å². The molecule has 2 aromatic rings. The van der Waals surface area contributed by atoms with Crippen LogP contribution in [0.4, 0.5) is 0 Å². The zero-order valence-corrected chi connectivity index (χ0v) is 16.6. The van der Waals surface area contributed by atoms with Gasteiger partial charge in [0.2, 0.25) is 5.91 Å². The first-order chi connectivity index (χ1) is 13.5. The Morgan fingerprint density at radius 2 is 1.93 bits per heavy atom. The lowest BCUT2D eigenvalue weighted by atomic mass is 10.0. The van der Waals surface area contributed by atoms with Crippen LogP contribution in [0.3, 0.4) is 0 Å². The van der Waals surface area contributed by atoms with Crippen molar-refractivity contribution < 1.29 is 14.0 Å². The summed E-state index contributed by atoms with van der Waals surface area (Å²) in [5.41, 5.74) is 3.50. The van der Waals surface area contributed by atoms with Crippen LogP contribution in [-0.2, 0) is 31.2 Å². The fourth-order valence-electron chi connectivity index (χ4n) is 4.19. The van der Waals surface area contributed by atoms with Crippen molar-refractivity contribution in [3.8, 4) is 0 Å². The van der Waals surface area contributed by atoms with E-state index in [4.69, 9.17) is 4.42 Å². The smallest absolute Gasteiger partial charge is 0.276 e. The molecule has 2 aliphatic rings. The highest BCUT2D eigenvalue weighted by molar-refractivity contribution is 5.92. The number of nitrogens with zero attached hydrogens (tertiary/aromatic N) is 5. The van der Waals surface area contributed by atoms with Crippen molar-refractivity contribution in [2.45, 2.75) is 52.0 Å². The fraction of sp³-hybridized carbons (Fsp3) is 0.600. The van der Waals surface area contributed by atoms with Crippen LogP contribution in [0.2, 0.25) is 0 Å². The molecule has 0 N–H and O–H groups in total. The summed E-state index contributed by atoms with van der Waals surface area (Å²) in [6, 6.07) is 0. The maximum Gasteiger partial charge on any atom is 0.276 e. The van der Waals surface area contributed by atoms with Crippen LogP contribution >= 0.6 is 0 Å². The summed E-state index contributed by atoms with van der Waals surface area (Å²) in [6.45, 7) is 4.60. The summed E-state index contributed by atoms with van der Waals surface area (Å²) in [7, 11) is 1.94. The minimum Gasteiger partial charge on any atom is -0.448 e. The molecule has 0 bridgehead atoms. The van der Waals surface area contributed by atoms with Crippen LogP contribution in [0, 0.1) is 6.92 Å². The lowest BCUT2D eigenvalue weighted by Gasteiger charge is -2.27. The predicted octanol–water partition coefficient (Wildman–Crippen LogP) is 1.86. The van der Waals surface area contributed by atoms with Crippen LogP contribution in [-0.4, -0.2) is 56.0 Å². The highest BCUT2D eigenvalue weighted by Gasteiger charge is 2.29. The maximum absolute atomic E-state index is 12.7. The molecule has 2 aromatic heterocycles. The normalized spacial score (nSPS) is 16.9. The van der Waals surface area contributed by atoms with Gasteiger partial charge in [-0.05, 0) is 19.3 Å². The van der Waals surface area contributed by atoms with E-state index in [1.54, 1.807) is 11.8 Å². The summed E-state index contributed by atoms with van der Waals surface area (Å²) >= 11 is 0. The quantitative estimate of drug-likeness (QED) is 0.802. The number of aryl methyl sites for hydroxylation is 3. The Morgan fingerprint density at radius 1 is 1.14 bits per heavy atom. The van der Waals surface area contributed by atoms with E-state index in [2.05, 4.69) is 10.1 Å². The number of piperidine rings is 1. The third-order valence-corrected chi connectivity index (χ3v) is 5.74. The van der Waals surface area contributed by atoms with Gasteiger partial charge in [0.1, 0.15) is 6.26 Å². The van der Waals surface area contributed by atoms with E-state index in [9.17, 15) is 9.59 Å². The molecule has 4 rings (SSSR count). The van der Waals surface area contributed by atoms with E-state index >= 15 is 0 Å². The van der Waals surface area contributed by atoms with Gasteiger partial charge in [0.25, 0.3) is 5.91 Å². The maximum atomic E-state index is 12.7. The molecule has 0 spiro atoms. The number of carbonyl (C=O) groups is 2. The molecule has 4 heterocycles. The predicted molar refractivity (Wildman–Crippen MR) is 102 cm³/mol. The highest BCUT2D eigenvalue weighted by Crippen LogP contribution is 2.24. The van der Waals surface area contributed by atoms with E-state index in [-0.39, 0.29) is 11.8 Å². The monoisotopic (exact) mass is 385 g/mol. The van der Waals surface area contributed by atoms with Gasteiger partial charge in [-0.1, -0.05) is 0 Å². The van der Waals surface area contributed by atoms with Crippen LogP contribution in [0.1, 0.15) is 59.0 Å². The lowest BCUT2D eigenvalue weighted by Crippen LogP contribution is -2.37. The molecule has 0 unspecified atom stereocenters. The minimum absolute atomic E-state index is 0.123. The van der Waals surface area contributed by atoms with Crippen LogP contribution in [0.25, 0.3) is 0 Å². The second kappa shape index (κ2) is 7.77.